The molecule has 2 aromatic carbocycles. The number of hydrogen-bond donors (Lipinski definition) is 0. The summed E-state index contributed by atoms with van der Waals surface area (Å²) in [4.78, 5) is 13.6. The number of amides is 1. The van der Waals surface area contributed by atoms with E-state index in [4.69, 9.17) is 16.9 Å². The predicted octanol–water partition coefficient (Wildman–Crippen LogP) is 3.63. The molecule has 0 heterocycles. The molecule has 0 bridgehead atoms. The molecule has 0 atom stereocenters. The van der Waals surface area contributed by atoms with Crippen molar-refractivity contribution in [2.24, 2.45) is 0 Å². The molecular formula is C15H10ClFN2O. The molecule has 0 aliphatic heterocycles. The molecule has 100 valence electrons. The van der Waals surface area contributed by atoms with Crippen LogP contribution in [0, 0.1) is 17.1 Å². The maximum atomic E-state index is 13.4. The molecule has 0 N–H and O–H groups in total. The van der Waals surface area contributed by atoms with Gasteiger partial charge in [0, 0.05) is 12.7 Å². The number of halogens is 2. The Kier molecular flexibility index (Phi) is 4.02. The van der Waals surface area contributed by atoms with Gasteiger partial charge in [-0.15, -0.1) is 0 Å². The summed E-state index contributed by atoms with van der Waals surface area (Å²) < 4.78 is 13.4. The summed E-state index contributed by atoms with van der Waals surface area (Å²) in [5.41, 5.74) is 1.05. The summed E-state index contributed by atoms with van der Waals surface area (Å²) in [7, 11) is 1.54. The third-order valence-electron chi connectivity index (χ3n) is 2.85. The molecule has 20 heavy (non-hydrogen) atoms. The molecule has 3 nitrogen and oxygen atoms in total. The standard InChI is InChI=1S/C15H10ClFN2O/c1-19(11-5-2-4-10(8-11)9-18)15(20)12-6-3-7-13(17)14(12)16/h2-8H,1H3. The zero-order valence-electron chi connectivity index (χ0n) is 10.6. The lowest BCUT2D eigenvalue weighted by atomic mass is 10.1. The Hall–Kier alpha value is -2.38. The number of nitriles is 1. The Balaban J connectivity index is 2.38. The smallest absolute Gasteiger partial charge is 0.259 e. The number of nitrogens with zero attached hydrogens (tertiary/aromatic N) is 2. The highest BCUT2D eigenvalue weighted by Gasteiger charge is 2.18. The zero-order valence-corrected chi connectivity index (χ0v) is 11.4. The van der Waals surface area contributed by atoms with E-state index in [2.05, 4.69) is 0 Å². The molecular weight excluding hydrogens is 279 g/mol. The van der Waals surface area contributed by atoms with Crippen molar-refractivity contribution in [2.75, 3.05) is 11.9 Å². The molecule has 0 saturated heterocycles. The van der Waals surface area contributed by atoms with Crippen LogP contribution in [0.25, 0.3) is 0 Å². The number of benzene rings is 2. The minimum absolute atomic E-state index is 0.0801. The largest absolute Gasteiger partial charge is 0.311 e. The quantitative estimate of drug-likeness (QED) is 0.847. The fourth-order valence-corrected chi connectivity index (χ4v) is 1.96. The van der Waals surface area contributed by atoms with E-state index in [1.165, 1.54) is 23.1 Å². The topological polar surface area (TPSA) is 44.1 Å². The number of anilines is 1. The summed E-state index contributed by atoms with van der Waals surface area (Å²) in [6.07, 6.45) is 0. The van der Waals surface area contributed by atoms with E-state index in [9.17, 15) is 9.18 Å². The molecule has 0 radical (unpaired) electrons. The van der Waals surface area contributed by atoms with Crippen molar-refractivity contribution in [3.63, 3.8) is 0 Å². The molecule has 0 saturated carbocycles. The van der Waals surface area contributed by atoms with Gasteiger partial charge in [0.1, 0.15) is 5.82 Å². The van der Waals surface area contributed by atoms with Gasteiger partial charge < -0.3 is 4.90 Å². The molecule has 2 aromatic rings. The van der Waals surface area contributed by atoms with Gasteiger partial charge in [0.2, 0.25) is 0 Å². The Morgan fingerprint density at radius 3 is 2.70 bits per heavy atom. The van der Waals surface area contributed by atoms with Gasteiger partial charge in [-0.3, -0.25) is 4.79 Å². The second-order valence-corrected chi connectivity index (χ2v) is 4.51. The van der Waals surface area contributed by atoms with E-state index in [1.807, 2.05) is 6.07 Å². The zero-order chi connectivity index (χ0) is 14.7. The second kappa shape index (κ2) is 5.72. The van der Waals surface area contributed by atoms with Crippen molar-refractivity contribution in [1.82, 2.24) is 0 Å². The first-order chi connectivity index (χ1) is 9.54. The maximum absolute atomic E-state index is 13.4. The first-order valence-electron chi connectivity index (χ1n) is 5.77. The van der Waals surface area contributed by atoms with Gasteiger partial charge in [-0.05, 0) is 30.3 Å². The van der Waals surface area contributed by atoms with Gasteiger partial charge in [-0.25, -0.2) is 4.39 Å². The fourth-order valence-electron chi connectivity index (χ4n) is 1.75. The Labute approximate surface area is 120 Å². The van der Waals surface area contributed by atoms with E-state index in [1.54, 1.807) is 31.3 Å². The molecule has 0 unspecified atom stereocenters. The summed E-state index contributed by atoms with van der Waals surface area (Å²) in [5.74, 6) is -1.08. The van der Waals surface area contributed by atoms with Gasteiger partial charge in [0.05, 0.1) is 22.2 Å². The lowest BCUT2D eigenvalue weighted by molar-refractivity contribution is 0.0992. The second-order valence-electron chi connectivity index (χ2n) is 4.13. The van der Waals surface area contributed by atoms with E-state index in [0.29, 0.717) is 11.3 Å². The van der Waals surface area contributed by atoms with Gasteiger partial charge in [-0.1, -0.05) is 23.7 Å². The Morgan fingerprint density at radius 2 is 2.00 bits per heavy atom. The molecule has 2 rings (SSSR count). The summed E-state index contributed by atoms with van der Waals surface area (Å²) in [5, 5.41) is 8.65. The molecule has 0 spiro atoms. The van der Waals surface area contributed by atoms with Gasteiger partial charge in [-0.2, -0.15) is 5.26 Å². The Bertz CT molecular complexity index is 709. The monoisotopic (exact) mass is 288 g/mol. The van der Waals surface area contributed by atoms with E-state index >= 15 is 0 Å². The van der Waals surface area contributed by atoms with Gasteiger partial charge in [0.25, 0.3) is 5.91 Å². The molecule has 0 aromatic heterocycles. The predicted molar refractivity (Wildman–Crippen MR) is 75.3 cm³/mol. The third-order valence-corrected chi connectivity index (χ3v) is 3.23. The number of carbonyl (C=O) groups excluding carboxylic acids is 1. The van der Waals surface area contributed by atoms with E-state index in [0.717, 1.165) is 0 Å². The van der Waals surface area contributed by atoms with Crippen molar-refractivity contribution in [3.05, 3.63) is 64.4 Å². The fraction of sp³-hybridized carbons (Fsp3) is 0.0667. The van der Waals surface area contributed by atoms with Crippen molar-refractivity contribution >= 4 is 23.2 Å². The molecule has 5 heteroatoms. The average molecular weight is 289 g/mol. The first kappa shape index (κ1) is 14.0. The van der Waals surface area contributed by atoms with E-state index < -0.39 is 11.7 Å². The van der Waals surface area contributed by atoms with Crippen molar-refractivity contribution < 1.29 is 9.18 Å². The minimum atomic E-state index is -0.642. The van der Waals surface area contributed by atoms with Crippen LogP contribution in [-0.2, 0) is 0 Å². The van der Waals surface area contributed by atoms with Crippen LogP contribution in [0.4, 0.5) is 10.1 Å². The van der Waals surface area contributed by atoms with Crippen LogP contribution in [-0.4, -0.2) is 13.0 Å². The van der Waals surface area contributed by atoms with Crippen molar-refractivity contribution in [2.45, 2.75) is 0 Å². The highest BCUT2D eigenvalue weighted by Crippen LogP contribution is 2.23. The maximum Gasteiger partial charge on any atom is 0.259 e. The molecule has 1 amide bonds. The van der Waals surface area contributed by atoms with E-state index in [-0.39, 0.29) is 10.6 Å². The van der Waals surface area contributed by atoms with Crippen LogP contribution in [0.2, 0.25) is 5.02 Å². The minimum Gasteiger partial charge on any atom is -0.311 e. The summed E-state index contributed by atoms with van der Waals surface area (Å²) in [6, 6.07) is 12.6. The number of hydrogen-bond acceptors (Lipinski definition) is 2. The van der Waals surface area contributed by atoms with Gasteiger partial charge >= 0.3 is 0 Å². The Morgan fingerprint density at radius 1 is 1.30 bits per heavy atom. The van der Waals surface area contributed by atoms with Crippen LogP contribution in [0.5, 0.6) is 0 Å². The average Bonchev–Trinajstić information content (AvgIpc) is 2.48. The number of carbonyl (C=O) groups is 1. The highest BCUT2D eigenvalue weighted by atomic mass is 35.5. The molecule has 0 fully saturated rings. The number of rotatable bonds is 2. The van der Waals surface area contributed by atoms with Crippen LogP contribution < -0.4 is 4.90 Å². The summed E-state index contributed by atoms with van der Waals surface area (Å²) >= 11 is 5.80. The van der Waals surface area contributed by atoms with Crippen molar-refractivity contribution in [3.8, 4) is 6.07 Å². The summed E-state index contributed by atoms with van der Waals surface area (Å²) in [6.45, 7) is 0. The van der Waals surface area contributed by atoms with Crippen molar-refractivity contribution in [1.29, 1.82) is 5.26 Å². The van der Waals surface area contributed by atoms with Crippen LogP contribution in [0.1, 0.15) is 15.9 Å². The molecule has 0 aliphatic carbocycles. The third kappa shape index (κ3) is 2.63. The van der Waals surface area contributed by atoms with Gasteiger partial charge in [0.15, 0.2) is 0 Å². The highest BCUT2D eigenvalue weighted by molar-refractivity contribution is 6.34. The first-order valence-corrected chi connectivity index (χ1v) is 6.14. The lowest BCUT2D eigenvalue weighted by Gasteiger charge is -2.18. The van der Waals surface area contributed by atoms with Crippen LogP contribution in [0.15, 0.2) is 42.5 Å². The van der Waals surface area contributed by atoms with Crippen LogP contribution >= 0.6 is 11.6 Å². The normalized spacial score (nSPS) is 9.90. The SMILES string of the molecule is CN(C(=O)c1cccc(F)c1Cl)c1cccc(C#N)c1. The molecule has 0 aliphatic rings. The van der Waals surface area contributed by atoms with Crippen LogP contribution in [0.3, 0.4) is 0 Å². The lowest BCUT2D eigenvalue weighted by Crippen LogP contribution is -2.26.